The first-order chi connectivity index (χ1) is 19.7. The molecule has 0 bridgehead atoms. The van der Waals surface area contributed by atoms with Gasteiger partial charge in [-0.3, -0.25) is 0 Å². The maximum atomic E-state index is 11.7. The highest BCUT2D eigenvalue weighted by Crippen LogP contribution is 2.18. The third kappa shape index (κ3) is 17.5. The zero-order valence-electron chi connectivity index (χ0n) is 25.0. The molecule has 0 unspecified atom stereocenters. The summed E-state index contributed by atoms with van der Waals surface area (Å²) in [5.74, 6) is 1.45. The molecule has 0 saturated heterocycles. The van der Waals surface area contributed by atoms with Gasteiger partial charge in [-0.1, -0.05) is 114 Å². The highest BCUT2D eigenvalue weighted by Gasteiger charge is 2.05. The molecule has 0 saturated carbocycles. The number of rotatable bonds is 25. The van der Waals surface area contributed by atoms with Crippen LogP contribution in [0.2, 0.25) is 5.02 Å². The number of esters is 1. The fourth-order valence-electron chi connectivity index (χ4n) is 4.85. The van der Waals surface area contributed by atoms with Crippen molar-refractivity contribution in [2.24, 2.45) is 0 Å². The van der Waals surface area contributed by atoms with Gasteiger partial charge in [-0.2, -0.15) is 0 Å². The largest absolute Gasteiger partial charge is 0.494 e. The lowest BCUT2D eigenvalue weighted by molar-refractivity contribution is 0.0526. The van der Waals surface area contributed by atoms with E-state index < -0.39 is 0 Å². The van der Waals surface area contributed by atoms with E-state index in [1.54, 1.807) is 12.1 Å². The van der Waals surface area contributed by atoms with Gasteiger partial charge >= 0.3 is 5.97 Å². The molecule has 0 heterocycles. The molecule has 0 spiro atoms. The zero-order valence-corrected chi connectivity index (χ0v) is 25.7. The Kier molecular flexibility index (Phi) is 20.0. The van der Waals surface area contributed by atoms with Crippen LogP contribution in [0.25, 0.3) is 0 Å². The molecule has 0 amide bonds. The Balaban J connectivity index is 1.24. The first-order valence-electron chi connectivity index (χ1n) is 16.0. The molecule has 0 N–H and O–H groups in total. The Morgan fingerprint density at radius 1 is 0.525 bits per heavy atom. The van der Waals surface area contributed by atoms with Gasteiger partial charge in [-0.05, 0) is 68.3 Å². The highest BCUT2D eigenvalue weighted by molar-refractivity contribution is 6.30. The third-order valence-corrected chi connectivity index (χ3v) is 7.51. The minimum Gasteiger partial charge on any atom is -0.494 e. The SMILES string of the molecule is CCOC(=O)c1ccc(OCCCCCCCCCCCCCCCCCCCCOc2ccc(Cl)cc2)cc1. The number of hydrogen-bond donors (Lipinski definition) is 0. The van der Waals surface area contributed by atoms with E-state index in [9.17, 15) is 4.79 Å². The van der Waals surface area contributed by atoms with Crippen molar-refractivity contribution in [1.29, 1.82) is 0 Å². The normalized spacial score (nSPS) is 10.9. The van der Waals surface area contributed by atoms with Crippen molar-refractivity contribution in [2.75, 3.05) is 19.8 Å². The predicted octanol–water partition coefficient (Wildman–Crippen LogP) is 11.0. The van der Waals surface area contributed by atoms with Crippen molar-refractivity contribution in [2.45, 2.75) is 122 Å². The average Bonchev–Trinajstić information content (AvgIpc) is 2.97. The Bertz CT molecular complexity index is 866. The van der Waals surface area contributed by atoms with Crippen LogP contribution in [0.3, 0.4) is 0 Å². The summed E-state index contributed by atoms with van der Waals surface area (Å²) in [6.07, 6.45) is 24.0. The number of carbonyl (C=O) groups is 1. The molecule has 2 aromatic carbocycles. The van der Waals surface area contributed by atoms with Crippen molar-refractivity contribution in [3.63, 3.8) is 0 Å². The maximum Gasteiger partial charge on any atom is 0.338 e. The van der Waals surface area contributed by atoms with E-state index in [4.69, 9.17) is 25.8 Å². The fraction of sp³-hybridized carbons (Fsp3) is 0.629. The minimum atomic E-state index is -0.281. The molecule has 2 aromatic rings. The van der Waals surface area contributed by atoms with Crippen LogP contribution >= 0.6 is 11.6 Å². The smallest absolute Gasteiger partial charge is 0.338 e. The van der Waals surface area contributed by atoms with Crippen LogP contribution in [0, 0.1) is 0 Å². The second kappa shape index (κ2) is 23.5. The molecule has 0 aromatic heterocycles. The predicted molar refractivity (Wildman–Crippen MR) is 168 cm³/mol. The highest BCUT2D eigenvalue weighted by atomic mass is 35.5. The van der Waals surface area contributed by atoms with Gasteiger partial charge in [-0.25, -0.2) is 4.79 Å². The van der Waals surface area contributed by atoms with Crippen molar-refractivity contribution in [1.82, 2.24) is 0 Å². The summed E-state index contributed by atoms with van der Waals surface area (Å²) in [5, 5.41) is 0.754. The topological polar surface area (TPSA) is 44.8 Å². The molecule has 224 valence electrons. The van der Waals surface area contributed by atoms with Crippen LogP contribution in [0.5, 0.6) is 11.5 Å². The lowest BCUT2D eigenvalue weighted by Crippen LogP contribution is -2.04. The first-order valence-corrected chi connectivity index (χ1v) is 16.3. The van der Waals surface area contributed by atoms with Crippen LogP contribution in [0.4, 0.5) is 0 Å². The van der Waals surface area contributed by atoms with Crippen LogP contribution < -0.4 is 9.47 Å². The second-order valence-electron chi connectivity index (χ2n) is 10.8. The fourth-order valence-corrected chi connectivity index (χ4v) is 4.97. The summed E-state index contributed by atoms with van der Waals surface area (Å²) in [4.78, 5) is 11.7. The monoisotopic (exact) mass is 572 g/mol. The molecule has 0 fully saturated rings. The molecule has 2 rings (SSSR count). The maximum absolute atomic E-state index is 11.7. The Morgan fingerprint density at radius 3 is 1.20 bits per heavy atom. The number of benzene rings is 2. The average molecular weight is 573 g/mol. The van der Waals surface area contributed by atoms with Gasteiger partial charge < -0.3 is 14.2 Å². The molecular weight excluding hydrogens is 520 g/mol. The van der Waals surface area contributed by atoms with Crippen molar-refractivity contribution < 1.29 is 19.0 Å². The zero-order chi connectivity index (χ0) is 28.5. The molecular formula is C35H53ClO4. The minimum absolute atomic E-state index is 0.281. The van der Waals surface area contributed by atoms with Gasteiger partial charge in [0.1, 0.15) is 11.5 Å². The molecule has 0 atom stereocenters. The lowest BCUT2D eigenvalue weighted by atomic mass is 10.0. The van der Waals surface area contributed by atoms with Gasteiger partial charge in [0, 0.05) is 5.02 Å². The van der Waals surface area contributed by atoms with Crippen LogP contribution in [-0.2, 0) is 4.74 Å². The summed E-state index contributed by atoms with van der Waals surface area (Å²) in [6, 6.07) is 14.8. The van der Waals surface area contributed by atoms with E-state index in [0.29, 0.717) is 12.2 Å². The number of ether oxygens (including phenoxy) is 3. The number of unbranched alkanes of at least 4 members (excludes halogenated alkanes) is 17. The summed E-state index contributed by atoms with van der Waals surface area (Å²) in [5.41, 5.74) is 0.570. The van der Waals surface area contributed by atoms with Gasteiger partial charge in [0.2, 0.25) is 0 Å². The Labute approximate surface area is 249 Å². The van der Waals surface area contributed by atoms with Crippen LogP contribution in [0.15, 0.2) is 48.5 Å². The van der Waals surface area contributed by atoms with Crippen molar-refractivity contribution >= 4 is 17.6 Å². The second-order valence-corrected chi connectivity index (χ2v) is 11.2. The summed E-state index contributed by atoms with van der Waals surface area (Å²) in [7, 11) is 0. The molecule has 5 heteroatoms. The van der Waals surface area contributed by atoms with Crippen LogP contribution in [0.1, 0.15) is 133 Å². The summed E-state index contributed by atoms with van der Waals surface area (Å²) < 4.78 is 16.5. The Hall–Kier alpha value is -2.20. The first kappa shape index (κ1) is 34.0. The van der Waals surface area contributed by atoms with E-state index in [0.717, 1.165) is 42.6 Å². The third-order valence-electron chi connectivity index (χ3n) is 7.26. The number of halogens is 1. The van der Waals surface area contributed by atoms with Gasteiger partial charge in [0.05, 0.1) is 25.4 Å². The number of carbonyl (C=O) groups excluding carboxylic acids is 1. The molecule has 0 radical (unpaired) electrons. The molecule has 40 heavy (non-hydrogen) atoms. The van der Waals surface area contributed by atoms with E-state index in [-0.39, 0.29) is 5.97 Å². The summed E-state index contributed by atoms with van der Waals surface area (Å²) >= 11 is 5.89. The molecule has 4 nitrogen and oxygen atoms in total. The van der Waals surface area contributed by atoms with Crippen molar-refractivity contribution in [3.05, 3.63) is 59.1 Å². The number of hydrogen-bond acceptors (Lipinski definition) is 4. The standard InChI is InChI=1S/C35H53ClO4/c1-2-38-35(37)31-21-25-33(26-22-31)39-29-19-17-15-13-11-9-7-5-3-4-6-8-10-12-14-16-18-20-30-40-34-27-23-32(36)24-28-34/h21-28H,2-20,29-30H2,1H3. The summed E-state index contributed by atoms with van der Waals surface area (Å²) in [6.45, 7) is 3.74. The van der Waals surface area contributed by atoms with E-state index in [1.807, 2.05) is 43.3 Å². The van der Waals surface area contributed by atoms with Gasteiger partial charge in [0.25, 0.3) is 0 Å². The van der Waals surface area contributed by atoms with E-state index in [2.05, 4.69) is 0 Å². The van der Waals surface area contributed by atoms with Gasteiger partial charge in [-0.15, -0.1) is 0 Å². The van der Waals surface area contributed by atoms with E-state index in [1.165, 1.54) is 103 Å². The molecule has 0 aliphatic heterocycles. The van der Waals surface area contributed by atoms with Crippen molar-refractivity contribution in [3.8, 4) is 11.5 Å². The van der Waals surface area contributed by atoms with Crippen LogP contribution in [-0.4, -0.2) is 25.8 Å². The quantitative estimate of drug-likeness (QED) is 0.0876. The molecule has 0 aliphatic rings. The lowest BCUT2D eigenvalue weighted by Gasteiger charge is -2.07. The Morgan fingerprint density at radius 2 is 0.850 bits per heavy atom. The van der Waals surface area contributed by atoms with Gasteiger partial charge in [0.15, 0.2) is 0 Å². The molecule has 0 aliphatic carbocycles. The van der Waals surface area contributed by atoms with E-state index >= 15 is 0 Å².